The highest BCUT2D eigenvalue weighted by atomic mass is 19.1. The molecule has 1 saturated carbocycles. The molecule has 122 valence electrons. The maximum absolute atomic E-state index is 13.3. The SMILES string of the molecule is O=C(c1cccc(F)c1)N1CC[NH+](C[C@H]2C[C@@H]3C=C[C@H]2C3)CC1. The van der Waals surface area contributed by atoms with Crippen molar-refractivity contribution in [2.45, 2.75) is 12.8 Å². The largest absolute Gasteiger partial charge is 0.332 e. The van der Waals surface area contributed by atoms with Crippen LogP contribution in [0.4, 0.5) is 4.39 Å². The Morgan fingerprint density at radius 3 is 2.70 bits per heavy atom. The van der Waals surface area contributed by atoms with Crippen molar-refractivity contribution >= 4 is 5.91 Å². The first kappa shape index (κ1) is 14.9. The highest BCUT2D eigenvalue weighted by Gasteiger charge is 2.38. The van der Waals surface area contributed by atoms with Gasteiger partial charge in [-0.3, -0.25) is 4.79 Å². The van der Waals surface area contributed by atoms with Gasteiger partial charge in [-0.15, -0.1) is 0 Å². The summed E-state index contributed by atoms with van der Waals surface area (Å²) < 4.78 is 13.3. The molecule has 1 amide bonds. The predicted molar refractivity (Wildman–Crippen MR) is 86.7 cm³/mol. The monoisotopic (exact) mass is 315 g/mol. The van der Waals surface area contributed by atoms with Gasteiger partial charge in [-0.05, 0) is 42.9 Å². The summed E-state index contributed by atoms with van der Waals surface area (Å²) in [6.07, 6.45) is 7.53. The number of nitrogens with zero attached hydrogens (tertiary/aromatic N) is 1. The number of rotatable bonds is 3. The zero-order valence-corrected chi connectivity index (χ0v) is 13.4. The Balaban J connectivity index is 1.30. The average molecular weight is 315 g/mol. The van der Waals surface area contributed by atoms with Crippen molar-refractivity contribution < 1.29 is 14.1 Å². The number of allylic oxidation sites excluding steroid dienone is 2. The van der Waals surface area contributed by atoms with Crippen LogP contribution in [0, 0.1) is 23.6 Å². The molecule has 0 aromatic heterocycles. The molecule has 0 spiro atoms. The first-order chi connectivity index (χ1) is 11.2. The van der Waals surface area contributed by atoms with Gasteiger partial charge in [0.15, 0.2) is 0 Å². The standard InChI is InChI=1S/C19H23FN2O/c20-18-3-1-2-16(12-18)19(23)22-8-6-21(7-9-22)13-17-11-14-4-5-15(17)10-14/h1-5,12,14-15,17H,6-11,13H2/p+1/t14-,15+,17-/m1/s1. The van der Waals surface area contributed by atoms with Crippen LogP contribution >= 0.6 is 0 Å². The highest BCUT2D eigenvalue weighted by Crippen LogP contribution is 2.42. The van der Waals surface area contributed by atoms with E-state index in [0.717, 1.165) is 43.9 Å². The number of carbonyl (C=O) groups excluding carboxylic acids is 1. The Bertz CT molecular complexity index is 622. The minimum Gasteiger partial charge on any atom is -0.332 e. The Hall–Kier alpha value is -1.68. The van der Waals surface area contributed by atoms with E-state index in [1.54, 1.807) is 17.0 Å². The summed E-state index contributed by atoms with van der Waals surface area (Å²) in [5.74, 6) is 2.10. The van der Waals surface area contributed by atoms with Crippen LogP contribution in [-0.4, -0.2) is 43.5 Å². The number of halogens is 1. The molecule has 2 bridgehead atoms. The van der Waals surface area contributed by atoms with E-state index in [-0.39, 0.29) is 11.7 Å². The lowest BCUT2D eigenvalue weighted by Crippen LogP contribution is -3.15. The fourth-order valence-electron chi connectivity index (χ4n) is 4.53. The van der Waals surface area contributed by atoms with Gasteiger partial charge in [-0.2, -0.15) is 0 Å². The summed E-state index contributed by atoms with van der Waals surface area (Å²) in [4.78, 5) is 15.9. The van der Waals surface area contributed by atoms with Crippen molar-refractivity contribution in [1.29, 1.82) is 0 Å². The summed E-state index contributed by atoms with van der Waals surface area (Å²) in [7, 11) is 0. The fourth-order valence-corrected chi connectivity index (χ4v) is 4.53. The topological polar surface area (TPSA) is 24.8 Å². The van der Waals surface area contributed by atoms with E-state index in [1.807, 2.05) is 4.90 Å². The van der Waals surface area contributed by atoms with E-state index in [2.05, 4.69) is 12.2 Å². The summed E-state index contributed by atoms with van der Waals surface area (Å²) >= 11 is 0. The van der Waals surface area contributed by atoms with Gasteiger partial charge in [0.2, 0.25) is 0 Å². The Labute approximate surface area is 136 Å². The van der Waals surface area contributed by atoms with Gasteiger partial charge in [0.1, 0.15) is 5.82 Å². The molecule has 4 rings (SSSR count). The van der Waals surface area contributed by atoms with Crippen LogP contribution in [0.5, 0.6) is 0 Å². The van der Waals surface area contributed by atoms with E-state index in [1.165, 1.54) is 31.5 Å². The lowest BCUT2D eigenvalue weighted by molar-refractivity contribution is -0.907. The third-order valence-corrected chi connectivity index (χ3v) is 5.80. The van der Waals surface area contributed by atoms with Crippen LogP contribution in [-0.2, 0) is 0 Å². The molecule has 2 aliphatic carbocycles. The summed E-state index contributed by atoms with van der Waals surface area (Å²) in [5, 5.41) is 0. The van der Waals surface area contributed by atoms with Gasteiger partial charge in [0.05, 0.1) is 32.7 Å². The third kappa shape index (κ3) is 3.05. The average Bonchev–Trinajstić information content (AvgIpc) is 3.18. The van der Waals surface area contributed by atoms with Crippen molar-refractivity contribution in [3.63, 3.8) is 0 Å². The molecule has 3 atom stereocenters. The van der Waals surface area contributed by atoms with E-state index in [4.69, 9.17) is 0 Å². The highest BCUT2D eigenvalue weighted by molar-refractivity contribution is 5.94. The van der Waals surface area contributed by atoms with E-state index in [9.17, 15) is 9.18 Å². The van der Waals surface area contributed by atoms with Crippen LogP contribution in [0.25, 0.3) is 0 Å². The molecule has 2 fully saturated rings. The van der Waals surface area contributed by atoms with Crippen LogP contribution in [0.15, 0.2) is 36.4 Å². The lowest BCUT2D eigenvalue weighted by atomic mass is 9.93. The molecule has 1 aromatic carbocycles. The number of fused-ring (bicyclic) bond motifs is 2. The molecule has 1 aromatic rings. The molecule has 0 unspecified atom stereocenters. The first-order valence-corrected chi connectivity index (χ1v) is 8.76. The minimum absolute atomic E-state index is 0.0357. The molecule has 3 aliphatic rings. The maximum atomic E-state index is 13.3. The first-order valence-electron chi connectivity index (χ1n) is 8.76. The number of piperazine rings is 1. The van der Waals surface area contributed by atoms with Crippen molar-refractivity contribution in [3.05, 3.63) is 47.8 Å². The second-order valence-electron chi connectivity index (χ2n) is 7.30. The van der Waals surface area contributed by atoms with Crippen LogP contribution in [0.1, 0.15) is 23.2 Å². The minimum atomic E-state index is -0.343. The number of quaternary nitrogens is 1. The molecule has 0 radical (unpaired) electrons. The molecule has 3 nitrogen and oxygen atoms in total. The molecular weight excluding hydrogens is 291 g/mol. The van der Waals surface area contributed by atoms with Crippen LogP contribution in [0.2, 0.25) is 0 Å². The predicted octanol–water partition coefficient (Wildman–Crippen LogP) is 1.38. The van der Waals surface area contributed by atoms with Crippen molar-refractivity contribution in [2.24, 2.45) is 17.8 Å². The number of nitrogens with one attached hydrogen (secondary N) is 1. The van der Waals surface area contributed by atoms with Gasteiger partial charge in [0.25, 0.3) is 5.91 Å². The van der Waals surface area contributed by atoms with Gasteiger partial charge < -0.3 is 9.80 Å². The number of hydrogen-bond donors (Lipinski definition) is 1. The second-order valence-corrected chi connectivity index (χ2v) is 7.30. The molecular formula is C19H24FN2O+. The molecule has 1 saturated heterocycles. The van der Waals surface area contributed by atoms with Crippen molar-refractivity contribution in [1.82, 2.24) is 4.90 Å². The molecule has 1 heterocycles. The number of benzene rings is 1. The summed E-state index contributed by atoms with van der Waals surface area (Å²) in [6.45, 7) is 4.83. The van der Waals surface area contributed by atoms with E-state index >= 15 is 0 Å². The Kier molecular flexibility index (Phi) is 3.93. The van der Waals surface area contributed by atoms with Crippen LogP contribution < -0.4 is 4.90 Å². The zero-order valence-electron chi connectivity index (χ0n) is 13.4. The van der Waals surface area contributed by atoms with E-state index < -0.39 is 0 Å². The molecule has 4 heteroatoms. The second kappa shape index (κ2) is 6.08. The third-order valence-electron chi connectivity index (χ3n) is 5.80. The van der Waals surface area contributed by atoms with Gasteiger partial charge in [-0.1, -0.05) is 18.2 Å². The number of amides is 1. The van der Waals surface area contributed by atoms with E-state index in [0.29, 0.717) is 5.56 Å². The van der Waals surface area contributed by atoms with Crippen molar-refractivity contribution in [2.75, 3.05) is 32.7 Å². The van der Waals surface area contributed by atoms with Crippen LogP contribution in [0.3, 0.4) is 0 Å². The van der Waals surface area contributed by atoms with Gasteiger partial charge in [-0.25, -0.2) is 4.39 Å². The number of carbonyl (C=O) groups is 1. The zero-order chi connectivity index (χ0) is 15.8. The van der Waals surface area contributed by atoms with Crippen molar-refractivity contribution in [3.8, 4) is 0 Å². The maximum Gasteiger partial charge on any atom is 0.254 e. The molecule has 23 heavy (non-hydrogen) atoms. The normalized spacial score (nSPS) is 30.1. The Morgan fingerprint density at radius 1 is 1.22 bits per heavy atom. The lowest BCUT2D eigenvalue weighted by Gasteiger charge is -2.34. The molecule has 1 N–H and O–H groups in total. The summed E-state index contributed by atoms with van der Waals surface area (Å²) in [5.41, 5.74) is 0.465. The molecule has 1 aliphatic heterocycles. The fraction of sp³-hybridized carbons (Fsp3) is 0.526. The smallest absolute Gasteiger partial charge is 0.254 e. The Morgan fingerprint density at radius 2 is 2.04 bits per heavy atom. The quantitative estimate of drug-likeness (QED) is 0.838. The van der Waals surface area contributed by atoms with Gasteiger partial charge >= 0.3 is 0 Å². The van der Waals surface area contributed by atoms with Gasteiger partial charge in [0, 0.05) is 11.5 Å². The number of hydrogen-bond acceptors (Lipinski definition) is 1. The summed E-state index contributed by atoms with van der Waals surface area (Å²) in [6, 6.07) is 6.02.